The van der Waals surface area contributed by atoms with E-state index < -0.39 is 0 Å². The van der Waals surface area contributed by atoms with Crippen LogP contribution in [-0.4, -0.2) is 25.9 Å². The summed E-state index contributed by atoms with van der Waals surface area (Å²) in [7, 11) is 1.94. The van der Waals surface area contributed by atoms with Gasteiger partial charge in [-0.05, 0) is 32.9 Å². The van der Waals surface area contributed by atoms with Gasteiger partial charge in [-0.2, -0.15) is 11.8 Å². The molecule has 1 fully saturated rings. The standard InChI is InChI=1S/C17H23N3OS/c1-12-14(10-18-15-11-22-17(15,2)3)16(21)20(19(12)4)13-8-6-5-7-9-13/h5-9,15,18H,10-11H2,1-4H3. The van der Waals surface area contributed by atoms with Gasteiger partial charge in [0.25, 0.3) is 5.56 Å². The molecule has 1 atom stereocenters. The van der Waals surface area contributed by atoms with Crippen molar-refractivity contribution in [3.8, 4) is 5.69 Å². The number of hydrogen-bond acceptors (Lipinski definition) is 3. The Morgan fingerprint density at radius 1 is 1.32 bits per heavy atom. The van der Waals surface area contributed by atoms with E-state index in [9.17, 15) is 4.79 Å². The molecule has 0 radical (unpaired) electrons. The Labute approximate surface area is 135 Å². The zero-order valence-electron chi connectivity index (χ0n) is 13.6. The quantitative estimate of drug-likeness (QED) is 0.941. The van der Waals surface area contributed by atoms with Gasteiger partial charge in [0, 0.05) is 35.8 Å². The molecular weight excluding hydrogens is 294 g/mol. The minimum absolute atomic E-state index is 0.0727. The molecule has 1 aliphatic heterocycles. The number of rotatable bonds is 4. The molecular formula is C17H23N3OS. The summed E-state index contributed by atoms with van der Waals surface area (Å²) in [5, 5.41) is 3.55. The number of aromatic nitrogens is 2. The Morgan fingerprint density at radius 2 is 2.00 bits per heavy atom. The third kappa shape index (κ3) is 2.52. The fourth-order valence-electron chi connectivity index (χ4n) is 2.86. The maximum atomic E-state index is 12.8. The largest absolute Gasteiger partial charge is 0.307 e. The van der Waals surface area contributed by atoms with Crippen LogP contribution in [0.15, 0.2) is 35.1 Å². The Balaban J connectivity index is 1.89. The first kappa shape index (κ1) is 15.4. The van der Waals surface area contributed by atoms with Gasteiger partial charge in [0.15, 0.2) is 0 Å². The third-order valence-electron chi connectivity index (χ3n) is 4.66. The predicted octanol–water partition coefficient (Wildman–Crippen LogP) is 2.47. The Kier molecular flexibility index (Phi) is 3.95. The fraction of sp³-hybridized carbons (Fsp3) is 0.471. The van der Waals surface area contributed by atoms with Crippen LogP contribution in [0.3, 0.4) is 0 Å². The predicted molar refractivity (Wildman–Crippen MR) is 92.9 cm³/mol. The van der Waals surface area contributed by atoms with Crippen molar-refractivity contribution in [1.29, 1.82) is 0 Å². The smallest absolute Gasteiger partial charge is 0.276 e. The van der Waals surface area contributed by atoms with E-state index in [1.165, 1.54) is 0 Å². The van der Waals surface area contributed by atoms with Crippen molar-refractivity contribution in [1.82, 2.24) is 14.7 Å². The van der Waals surface area contributed by atoms with Crippen LogP contribution in [-0.2, 0) is 13.6 Å². The van der Waals surface area contributed by atoms with Crippen molar-refractivity contribution in [3.63, 3.8) is 0 Å². The number of para-hydroxylation sites is 1. The molecule has 1 unspecified atom stereocenters. The molecule has 0 amide bonds. The monoisotopic (exact) mass is 317 g/mol. The van der Waals surface area contributed by atoms with Crippen LogP contribution in [0.5, 0.6) is 0 Å². The third-order valence-corrected chi connectivity index (χ3v) is 6.19. The van der Waals surface area contributed by atoms with Crippen molar-refractivity contribution in [2.24, 2.45) is 7.05 Å². The molecule has 22 heavy (non-hydrogen) atoms. The van der Waals surface area contributed by atoms with Crippen LogP contribution >= 0.6 is 11.8 Å². The molecule has 4 nitrogen and oxygen atoms in total. The van der Waals surface area contributed by atoms with Gasteiger partial charge in [0.2, 0.25) is 0 Å². The second-order valence-corrected chi connectivity index (χ2v) is 8.06. The van der Waals surface area contributed by atoms with Crippen molar-refractivity contribution in [2.75, 3.05) is 5.75 Å². The summed E-state index contributed by atoms with van der Waals surface area (Å²) < 4.78 is 3.95. The maximum absolute atomic E-state index is 12.8. The molecule has 0 aliphatic carbocycles. The lowest BCUT2D eigenvalue weighted by Gasteiger charge is -2.44. The molecule has 5 heteroatoms. The molecule has 1 aromatic carbocycles. The number of benzene rings is 1. The van der Waals surface area contributed by atoms with Crippen LogP contribution in [0.4, 0.5) is 0 Å². The van der Waals surface area contributed by atoms with E-state index in [1.54, 1.807) is 4.68 Å². The molecule has 1 aromatic heterocycles. The zero-order chi connectivity index (χ0) is 15.9. The first-order valence-electron chi connectivity index (χ1n) is 7.62. The average Bonchev–Trinajstić information content (AvgIpc) is 2.70. The normalized spacial score (nSPS) is 19.9. The van der Waals surface area contributed by atoms with E-state index in [0.29, 0.717) is 12.6 Å². The number of nitrogens with one attached hydrogen (secondary N) is 1. The summed E-state index contributed by atoms with van der Waals surface area (Å²) in [6, 6.07) is 10.3. The second-order valence-electron chi connectivity index (χ2n) is 6.39. The van der Waals surface area contributed by atoms with Crippen LogP contribution in [0, 0.1) is 6.92 Å². The van der Waals surface area contributed by atoms with Crippen molar-refractivity contribution in [3.05, 3.63) is 51.9 Å². The summed E-state index contributed by atoms with van der Waals surface area (Å²) in [6.45, 7) is 7.14. The second kappa shape index (κ2) is 5.63. The SMILES string of the molecule is Cc1c(CNC2CSC2(C)C)c(=O)n(-c2ccccc2)n1C. The molecule has 0 spiro atoms. The Hall–Kier alpha value is -1.46. The van der Waals surface area contributed by atoms with E-state index in [0.717, 1.165) is 22.7 Å². The van der Waals surface area contributed by atoms with Crippen LogP contribution in [0.25, 0.3) is 5.69 Å². The molecule has 2 aromatic rings. The summed E-state index contributed by atoms with van der Waals surface area (Å²) >= 11 is 1.97. The number of hydrogen-bond donors (Lipinski definition) is 1. The lowest BCUT2D eigenvalue weighted by Crippen LogP contribution is -2.54. The number of nitrogens with zero attached hydrogens (tertiary/aromatic N) is 2. The Bertz CT molecular complexity index is 730. The lowest BCUT2D eigenvalue weighted by molar-refractivity contribution is 0.434. The van der Waals surface area contributed by atoms with Gasteiger partial charge in [-0.15, -0.1) is 0 Å². The highest BCUT2D eigenvalue weighted by Crippen LogP contribution is 2.39. The van der Waals surface area contributed by atoms with Gasteiger partial charge in [-0.3, -0.25) is 9.48 Å². The van der Waals surface area contributed by atoms with Crippen molar-refractivity contribution in [2.45, 2.75) is 38.1 Å². The van der Waals surface area contributed by atoms with E-state index in [2.05, 4.69) is 19.2 Å². The summed E-state index contributed by atoms with van der Waals surface area (Å²) in [6.07, 6.45) is 0. The molecule has 0 saturated carbocycles. The van der Waals surface area contributed by atoms with Crippen LogP contribution < -0.4 is 10.9 Å². The fourth-order valence-corrected chi connectivity index (χ4v) is 4.06. The topological polar surface area (TPSA) is 39.0 Å². The van der Waals surface area contributed by atoms with E-state index in [1.807, 2.05) is 60.7 Å². The van der Waals surface area contributed by atoms with Gasteiger partial charge in [-0.1, -0.05) is 18.2 Å². The van der Waals surface area contributed by atoms with Gasteiger partial charge in [-0.25, -0.2) is 4.68 Å². The minimum atomic E-state index is 0.0727. The molecule has 1 saturated heterocycles. The van der Waals surface area contributed by atoms with Crippen molar-refractivity contribution < 1.29 is 0 Å². The lowest BCUT2D eigenvalue weighted by atomic mass is 10.0. The Morgan fingerprint density at radius 3 is 2.55 bits per heavy atom. The molecule has 2 heterocycles. The summed E-state index contributed by atoms with van der Waals surface area (Å²) in [5.74, 6) is 1.12. The van der Waals surface area contributed by atoms with Gasteiger partial charge in [0.1, 0.15) is 0 Å². The van der Waals surface area contributed by atoms with E-state index in [4.69, 9.17) is 0 Å². The maximum Gasteiger partial charge on any atom is 0.276 e. The molecule has 0 bridgehead atoms. The van der Waals surface area contributed by atoms with Gasteiger partial charge in [0.05, 0.1) is 11.3 Å². The highest BCUT2D eigenvalue weighted by Gasteiger charge is 2.39. The zero-order valence-corrected chi connectivity index (χ0v) is 14.4. The summed E-state index contributed by atoms with van der Waals surface area (Å²) in [5.41, 5.74) is 2.86. The van der Waals surface area contributed by atoms with Crippen LogP contribution in [0.2, 0.25) is 0 Å². The molecule has 3 rings (SSSR count). The first-order chi connectivity index (χ1) is 10.4. The van der Waals surface area contributed by atoms with Gasteiger partial charge >= 0.3 is 0 Å². The van der Waals surface area contributed by atoms with E-state index >= 15 is 0 Å². The highest BCUT2D eigenvalue weighted by atomic mass is 32.2. The molecule has 118 valence electrons. The first-order valence-corrected chi connectivity index (χ1v) is 8.60. The molecule has 1 N–H and O–H groups in total. The minimum Gasteiger partial charge on any atom is -0.307 e. The van der Waals surface area contributed by atoms with Crippen LogP contribution in [0.1, 0.15) is 25.1 Å². The average molecular weight is 317 g/mol. The summed E-state index contributed by atoms with van der Waals surface area (Å²) in [4.78, 5) is 12.8. The molecule has 1 aliphatic rings. The highest BCUT2D eigenvalue weighted by molar-refractivity contribution is 8.02. The number of thioether (sulfide) groups is 1. The van der Waals surface area contributed by atoms with Gasteiger partial charge < -0.3 is 5.32 Å². The van der Waals surface area contributed by atoms with Crippen molar-refractivity contribution >= 4 is 11.8 Å². The van der Waals surface area contributed by atoms with E-state index in [-0.39, 0.29) is 10.3 Å².